The Morgan fingerprint density at radius 1 is 1.23 bits per heavy atom. The van der Waals surface area contributed by atoms with Gasteiger partial charge in [-0.1, -0.05) is 23.5 Å². The lowest BCUT2D eigenvalue weighted by Gasteiger charge is -2.61. The van der Waals surface area contributed by atoms with Crippen molar-refractivity contribution in [3.05, 3.63) is 62.8 Å². The van der Waals surface area contributed by atoms with E-state index in [4.69, 9.17) is 0 Å². The Hall–Kier alpha value is -3.31. The fourth-order valence-electron chi connectivity index (χ4n) is 5.06. The van der Waals surface area contributed by atoms with Crippen molar-refractivity contribution in [3.63, 3.8) is 0 Å². The third-order valence-electron chi connectivity index (χ3n) is 7.53. The monoisotopic (exact) mass is 498 g/mol. The van der Waals surface area contributed by atoms with Crippen molar-refractivity contribution in [2.75, 3.05) is 26.2 Å². The first-order valence-electron chi connectivity index (χ1n) is 11.4. The molecule has 1 unspecified atom stereocenters. The van der Waals surface area contributed by atoms with Crippen LogP contribution in [-0.2, 0) is 6.42 Å². The molecule has 1 fully saturated rings. The van der Waals surface area contributed by atoms with Gasteiger partial charge in [-0.15, -0.1) is 10.2 Å². The zero-order chi connectivity index (χ0) is 25.1. The number of carbonyl (C=O) groups excluding carboxylic acids is 1. The van der Waals surface area contributed by atoms with Crippen molar-refractivity contribution in [1.82, 2.24) is 25.1 Å². The van der Waals surface area contributed by atoms with Gasteiger partial charge < -0.3 is 15.3 Å². The van der Waals surface area contributed by atoms with Crippen LogP contribution in [-0.4, -0.2) is 63.6 Å². The smallest absolute Gasteiger partial charge is 0.278 e. The van der Waals surface area contributed by atoms with E-state index >= 15 is 0 Å². The summed E-state index contributed by atoms with van der Waals surface area (Å²) in [5.74, 6) is -0.918. The number of rotatable bonds is 5. The highest BCUT2D eigenvalue weighted by atomic mass is 32.1. The topological polar surface area (TPSA) is 104 Å². The second kappa shape index (κ2) is 8.42. The van der Waals surface area contributed by atoms with E-state index in [-0.39, 0.29) is 17.1 Å². The largest absolute Gasteiger partial charge is 0.502 e. The number of pyridine rings is 1. The summed E-state index contributed by atoms with van der Waals surface area (Å²) < 4.78 is 14.8. The summed E-state index contributed by atoms with van der Waals surface area (Å²) in [6.07, 6.45) is 3.53. The minimum atomic E-state index is -0.665. The van der Waals surface area contributed by atoms with E-state index in [0.717, 1.165) is 18.4 Å². The number of amides is 1. The standard InChI is InChI=1S/C24H27FN6O3S/c1-13(26-2)15-10-24(11-15)29(3)23(34)19-21(33)20(32)17(12-31(19)30(24)4)22-28-27-18(35-22)9-14-5-7-16(25)8-6-14/h5-8,12-13,15,26,33H,9-11H2,1-4H3. The number of hydrogen-bond acceptors (Lipinski definition) is 8. The highest BCUT2D eigenvalue weighted by Crippen LogP contribution is 2.47. The first-order chi connectivity index (χ1) is 16.7. The third-order valence-corrected chi connectivity index (χ3v) is 8.48. The molecule has 1 aromatic carbocycles. The fourth-order valence-corrected chi connectivity index (χ4v) is 5.94. The lowest BCUT2D eigenvalue weighted by Crippen LogP contribution is -2.74. The van der Waals surface area contributed by atoms with Gasteiger partial charge in [0.25, 0.3) is 5.91 Å². The maximum Gasteiger partial charge on any atom is 0.278 e. The van der Waals surface area contributed by atoms with Gasteiger partial charge in [-0.05, 0) is 50.4 Å². The molecule has 2 aliphatic rings. The average molecular weight is 499 g/mol. The molecular weight excluding hydrogens is 471 g/mol. The summed E-state index contributed by atoms with van der Waals surface area (Å²) in [6.45, 7) is 2.12. The molecule has 0 radical (unpaired) electrons. The highest BCUT2D eigenvalue weighted by molar-refractivity contribution is 7.14. The minimum absolute atomic E-state index is 0.0597. The molecule has 1 aliphatic carbocycles. The van der Waals surface area contributed by atoms with Crippen molar-refractivity contribution in [1.29, 1.82) is 0 Å². The first-order valence-corrected chi connectivity index (χ1v) is 12.2. The SMILES string of the molecule is CNC(C)C1CC2(C1)N(C)C(=O)c1c(O)c(=O)c(-c3nnc(Cc4ccc(F)cc4)s3)cn1N2C. The van der Waals surface area contributed by atoms with Crippen LogP contribution < -0.4 is 15.8 Å². The number of hydrogen-bond donors (Lipinski definition) is 2. The predicted octanol–water partition coefficient (Wildman–Crippen LogP) is 2.17. The van der Waals surface area contributed by atoms with Crippen LogP contribution in [0.15, 0.2) is 35.3 Å². The molecule has 3 aromatic rings. The Morgan fingerprint density at radius 2 is 1.91 bits per heavy atom. The van der Waals surface area contributed by atoms with E-state index in [9.17, 15) is 19.1 Å². The second-order valence-corrected chi connectivity index (χ2v) is 10.4. The van der Waals surface area contributed by atoms with Gasteiger partial charge >= 0.3 is 0 Å². The number of halogens is 1. The number of nitrogens with zero attached hydrogens (tertiary/aromatic N) is 5. The molecule has 35 heavy (non-hydrogen) atoms. The summed E-state index contributed by atoms with van der Waals surface area (Å²) in [5, 5.41) is 25.4. The molecule has 184 valence electrons. The average Bonchev–Trinajstić information content (AvgIpc) is 3.28. The van der Waals surface area contributed by atoms with Crippen molar-refractivity contribution < 1.29 is 14.3 Å². The first kappa shape index (κ1) is 23.4. The van der Waals surface area contributed by atoms with Crippen LogP contribution in [0.2, 0.25) is 0 Å². The van der Waals surface area contributed by atoms with E-state index < -0.39 is 22.7 Å². The number of nitrogens with one attached hydrogen (secondary N) is 1. The minimum Gasteiger partial charge on any atom is -0.502 e. The van der Waals surface area contributed by atoms with Crippen molar-refractivity contribution in [3.8, 4) is 16.3 Å². The van der Waals surface area contributed by atoms with E-state index in [1.165, 1.54) is 23.5 Å². The lowest BCUT2D eigenvalue weighted by atomic mass is 9.69. The van der Waals surface area contributed by atoms with Crippen LogP contribution in [0.4, 0.5) is 4.39 Å². The molecule has 2 aromatic heterocycles. The maximum atomic E-state index is 13.3. The van der Waals surface area contributed by atoms with Gasteiger partial charge in [0.05, 0.1) is 5.56 Å². The fraction of sp³-hybridized carbons (Fsp3) is 0.417. The molecule has 0 saturated heterocycles. The van der Waals surface area contributed by atoms with E-state index in [2.05, 4.69) is 22.4 Å². The van der Waals surface area contributed by atoms with Crippen LogP contribution in [0, 0.1) is 11.7 Å². The van der Waals surface area contributed by atoms with Gasteiger partial charge in [0, 0.05) is 32.8 Å². The predicted molar refractivity (Wildman–Crippen MR) is 131 cm³/mol. The highest BCUT2D eigenvalue weighted by Gasteiger charge is 2.57. The Balaban J connectivity index is 1.51. The van der Waals surface area contributed by atoms with Crippen LogP contribution in [0.3, 0.4) is 0 Å². The van der Waals surface area contributed by atoms with Crippen molar-refractivity contribution >= 4 is 17.2 Å². The molecule has 1 amide bonds. The van der Waals surface area contributed by atoms with Gasteiger partial charge in [-0.3, -0.25) is 19.3 Å². The number of aromatic hydroxyl groups is 1. The Morgan fingerprint density at radius 3 is 2.57 bits per heavy atom. The van der Waals surface area contributed by atoms with Gasteiger partial charge in [-0.25, -0.2) is 4.39 Å². The van der Waals surface area contributed by atoms with Crippen LogP contribution in [0.1, 0.15) is 40.8 Å². The number of aromatic nitrogens is 3. The van der Waals surface area contributed by atoms with Gasteiger partial charge in [0.15, 0.2) is 16.5 Å². The molecule has 0 bridgehead atoms. The molecule has 11 heteroatoms. The van der Waals surface area contributed by atoms with E-state index in [1.807, 2.05) is 19.1 Å². The Labute approximate surface area is 205 Å². The number of carbonyl (C=O) groups is 1. The summed E-state index contributed by atoms with van der Waals surface area (Å²) >= 11 is 1.23. The maximum absolute atomic E-state index is 13.3. The number of benzene rings is 1. The summed E-state index contributed by atoms with van der Waals surface area (Å²) in [5.41, 5.74) is -0.233. The summed E-state index contributed by atoms with van der Waals surface area (Å²) in [6, 6.07) is 6.42. The number of fused-ring (bicyclic) bond motifs is 1. The third kappa shape index (κ3) is 3.61. The van der Waals surface area contributed by atoms with Crippen LogP contribution >= 0.6 is 11.3 Å². The molecule has 1 atom stereocenters. The summed E-state index contributed by atoms with van der Waals surface area (Å²) in [7, 11) is 5.50. The Kier molecular flexibility index (Phi) is 5.64. The molecule has 3 heterocycles. The summed E-state index contributed by atoms with van der Waals surface area (Å²) in [4.78, 5) is 28.0. The lowest BCUT2D eigenvalue weighted by molar-refractivity contribution is -0.0334. The normalized spacial score (nSPS) is 22.3. The van der Waals surface area contributed by atoms with Crippen molar-refractivity contribution in [2.45, 2.75) is 37.9 Å². The Bertz CT molecular complexity index is 1350. The quantitative estimate of drug-likeness (QED) is 0.556. The van der Waals surface area contributed by atoms with Gasteiger partial charge in [-0.2, -0.15) is 0 Å². The van der Waals surface area contributed by atoms with E-state index in [1.54, 1.807) is 35.0 Å². The van der Waals surface area contributed by atoms with Gasteiger partial charge in [0.2, 0.25) is 5.43 Å². The molecule has 2 N–H and O–H groups in total. The zero-order valence-electron chi connectivity index (χ0n) is 19.9. The molecule has 1 aliphatic heterocycles. The van der Waals surface area contributed by atoms with Crippen molar-refractivity contribution in [2.24, 2.45) is 5.92 Å². The molecular formula is C24H27FN6O3S. The molecule has 5 rings (SSSR count). The second-order valence-electron chi connectivity index (χ2n) is 9.33. The van der Waals surface area contributed by atoms with Gasteiger partial charge in [0.1, 0.15) is 16.5 Å². The van der Waals surface area contributed by atoms with E-state index in [0.29, 0.717) is 28.4 Å². The zero-order valence-corrected chi connectivity index (χ0v) is 20.8. The van der Waals surface area contributed by atoms with Crippen LogP contribution in [0.25, 0.3) is 10.6 Å². The molecule has 9 nitrogen and oxygen atoms in total. The molecule has 1 spiro atoms. The molecule has 1 saturated carbocycles. The van der Waals surface area contributed by atoms with Crippen LogP contribution in [0.5, 0.6) is 5.75 Å².